The third kappa shape index (κ3) is 3.93. The molecule has 4 rings (SSSR count). The zero-order valence-electron chi connectivity index (χ0n) is 14.9. The van der Waals surface area contributed by atoms with E-state index in [1.807, 2.05) is 36.4 Å². The van der Waals surface area contributed by atoms with Gasteiger partial charge >= 0.3 is 0 Å². The third-order valence-corrected chi connectivity index (χ3v) is 5.68. The van der Waals surface area contributed by atoms with Gasteiger partial charge in [-0.25, -0.2) is 0 Å². The topological polar surface area (TPSA) is 53.8 Å². The summed E-state index contributed by atoms with van der Waals surface area (Å²) < 4.78 is 0. The lowest BCUT2D eigenvalue weighted by molar-refractivity contribution is -0.118. The van der Waals surface area contributed by atoms with E-state index in [0.717, 1.165) is 16.3 Å². The second-order valence-corrected chi connectivity index (χ2v) is 7.64. The summed E-state index contributed by atoms with van der Waals surface area (Å²) in [6.45, 7) is 2.07. The molecule has 1 amide bonds. The second-order valence-electron chi connectivity index (χ2n) is 6.44. The molecule has 0 aliphatic carbocycles. The normalized spacial score (nSPS) is 18.5. The Morgan fingerprint density at radius 2 is 1.81 bits per heavy atom. The first-order valence-electron chi connectivity index (χ1n) is 8.81. The lowest BCUT2D eigenvalue weighted by atomic mass is 10.0. The molecule has 3 aromatic carbocycles. The number of hydrogen-bond donors (Lipinski definition) is 1. The van der Waals surface area contributed by atoms with Gasteiger partial charge in [0.2, 0.25) is 5.91 Å². The number of thioether (sulfide) groups is 1. The Bertz CT molecular complexity index is 1050. The highest BCUT2D eigenvalue weighted by molar-refractivity contribution is 8.15. The molecule has 1 aliphatic rings. The summed E-state index contributed by atoms with van der Waals surface area (Å²) in [4.78, 5) is 12.2. The van der Waals surface area contributed by atoms with Crippen molar-refractivity contribution in [3.63, 3.8) is 0 Å². The van der Waals surface area contributed by atoms with Crippen LogP contribution in [0.25, 0.3) is 10.8 Å². The van der Waals surface area contributed by atoms with Gasteiger partial charge in [-0.15, -0.1) is 5.10 Å². The fourth-order valence-corrected chi connectivity index (χ4v) is 4.08. The highest BCUT2D eigenvalue weighted by Crippen LogP contribution is 2.24. The SMILES string of the molecule is Cc1ccccc1CC1S/C(=N\N=C\c2cccc3ccccc23)NC1=O. The number of amides is 1. The van der Waals surface area contributed by atoms with E-state index in [-0.39, 0.29) is 11.2 Å². The van der Waals surface area contributed by atoms with Crippen LogP contribution in [0.5, 0.6) is 0 Å². The molecular formula is C22H19N3OS. The predicted molar refractivity (Wildman–Crippen MR) is 113 cm³/mol. The summed E-state index contributed by atoms with van der Waals surface area (Å²) in [5, 5.41) is 13.9. The van der Waals surface area contributed by atoms with Crippen LogP contribution in [0.15, 0.2) is 76.9 Å². The van der Waals surface area contributed by atoms with Crippen LogP contribution in [0.3, 0.4) is 0 Å². The van der Waals surface area contributed by atoms with Crippen LogP contribution in [0.2, 0.25) is 0 Å². The first-order valence-corrected chi connectivity index (χ1v) is 9.69. The van der Waals surface area contributed by atoms with E-state index in [4.69, 9.17) is 0 Å². The Kier molecular flexibility index (Phi) is 5.03. The van der Waals surface area contributed by atoms with Crippen molar-refractivity contribution in [3.8, 4) is 0 Å². The second kappa shape index (κ2) is 7.76. The fraction of sp³-hybridized carbons (Fsp3) is 0.136. The van der Waals surface area contributed by atoms with Crippen LogP contribution < -0.4 is 5.32 Å². The van der Waals surface area contributed by atoms with Gasteiger partial charge in [0.1, 0.15) is 0 Å². The maximum absolute atomic E-state index is 12.2. The number of carbonyl (C=O) groups excluding carboxylic acids is 1. The van der Waals surface area contributed by atoms with E-state index in [0.29, 0.717) is 11.6 Å². The molecule has 0 saturated carbocycles. The van der Waals surface area contributed by atoms with Crippen molar-refractivity contribution in [2.45, 2.75) is 18.6 Å². The van der Waals surface area contributed by atoms with Gasteiger partial charge in [-0.05, 0) is 35.2 Å². The molecule has 1 heterocycles. The van der Waals surface area contributed by atoms with E-state index in [1.165, 1.54) is 22.9 Å². The molecule has 3 aromatic rings. The summed E-state index contributed by atoms with van der Waals surface area (Å²) in [7, 11) is 0. The van der Waals surface area contributed by atoms with Crippen LogP contribution >= 0.6 is 11.8 Å². The van der Waals surface area contributed by atoms with Gasteiger partial charge in [0.25, 0.3) is 0 Å². The smallest absolute Gasteiger partial charge is 0.239 e. The molecule has 0 radical (unpaired) electrons. The minimum absolute atomic E-state index is 0.0117. The Morgan fingerprint density at radius 3 is 2.70 bits per heavy atom. The first-order chi connectivity index (χ1) is 13.2. The minimum Gasteiger partial charge on any atom is -0.303 e. The zero-order chi connectivity index (χ0) is 18.6. The van der Waals surface area contributed by atoms with Crippen LogP contribution in [-0.4, -0.2) is 22.5 Å². The van der Waals surface area contributed by atoms with E-state index in [2.05, 4.69) is 52.8 Å². The van der Waals surface area contributed by atoms with Crippen LogP contribution in [0.4, 0.5) is 0 Å². The molecule has 1 aliphatic heterocycles. The average Bonchev–Trinajstić information content (AvgIpc) is 3.03. The number of benzene rings is 3. The molecule has 134 valence electrons. The number of nitrogens with one attached hydrogen (secondary N) is 1. The number of amidine groups is 1. The van der Waals surface area contributed by atoms with Crippen molar-refractivity contribution >= 4 is 39.8 Å². The molecule has 0 spiro atoms. The first kappa shape index (κ1) is 17.5. The lowest BCUT2D eigenvalue weighted by Crippen LogP contribution is -2.26. The molecule has 1 fully saturated rings. The van der Waals surface area contributed by atoms with Crippen molar-refractivity contribution in [2.75, 3.05) is 0 Å². The van der Waals surface area contributed by atoms with E-state index in [1.54, 1.807) is 6.21 Å². The monoisotopic (exact) mass is 373 g/mol. The summed E-state index contributed by atoms with van der Waals surface area (Å²) in [6, 6.07) is 22.4. The van der Waals surface area contributed by atoms with Gasteiger partial charge < -0.3 is 5.32 Å². The van der Waals surface area contributed by atoms with Crippen molar-refractivity contribution in [2.24, 2.45) is 10.2 Å². The quantitative estimate of drug-likeness (QED) is 0.547. The summed E-state index contributed by atoms with van der Waals surface area (Å²) >= 11 is 1.44. The van der Waals surface area contributed by atoms with Crippen molar-refractivity contribution < 1.29 is 4.79 Å². The predicted octanol–water partition coefficient (Wildman–Crippen LogP) is 4.31. The number of hydrogen-bond acceptors (Lipinski definition) is 4. The van der Waals surface area contributed by atoms with Crippen LogP contribution in [0.1, 0.15) is 16.7 Å². The van der Waals surface area contributed by atoms with Gasteiger partial charge in [-0.1, -0.05) is 78.5 Å². The van der Waals surface area contributed by atoms with E-state index in [9.17, 15) is 4.79 Å². The van der Waals surface area contributed by atoms with Crippen molar-refractivity contribution in [1.29, 1.82) is 0 Å². The van der Waals surface area contributed by atoms with Gasteiger partial charge in [-0.2, -0.15) is 5.10 Å². The molecular weight excluding hydrogens is 354 g/mol. The van der Waals surface area contributed by atoms with Crippen LogP contribution in [0, 0.1) is 6.92 Å². The molecule has 1 saturated heterocycles. The van der Waals surface area contributed by atoms with Gasteiger partial charge in [0, 0.05) is 5.56 Å². The van der Waals surface area contributed by atoms with E-state index >= 15 is 0 Å². The Balaban J connectivity index is 1.48. The van der Waals surface area contributed by atoms with Gasteiger partial charge in [0.15, 0.2) is 5.17 Å². The molecule has 0 aromatic heterocycles. The highest BCUT2D eigenvalue weighted by atomic mass is 32.2. The fourth-order valence-electron chi connectivity index (χ4n) is 3.13. The molecule has 4 nitrogen and oxygen atoms in total. The summed E-state index contributed by atoms with van der Waals surface area (Å²) in [5.74, 6) is -0.0117. The Labute approximate surface area is 162 Å². The lowest BCUT2D eigenvalue weighted by Gasteiger charge is -2.07. The highest BCUT2D eigenvalue weighted by Gasteiger charge is 2.30. The largest absolute Gasteiger partial charge is 0.303 e. The average molecular weight is 373 g/mol. The minimum atomic E-state index is -0.169. The number of fused-ring (bicyclic) bond motifs is 1. The number of rotatable bonds is 4. The zero-order valence-corrected chi connectivity index (χ0v) is 15.7. The molecule has 27 heavy (non-hydrogen) atoms. The van der Waals surface area contributed by atoms with Crippen molar-refractivity contribution in [1.82, 2.24) is 5.32 Å². The number of nitrogens with zero attached hydrogens (tertiary/aromatic N) is 2. The molecule has 1 unspecified atom stereocenters. The third-order valence-electron chi connectivity index (χ3n) is 4.61. The summed E-state index contributed by atoms with van der Waals surface area (Å²) in [6.07, 6.45) is 2.42. The molecule has 0 bridgehead atoms. The standard InChI is InChI=1S/C22H19N3OS/c1-15-7-2-3-9-17(15)13-20-21(26)24-22(27-20)25-23-14-18-11-6-10-16-8-4-5-12-19(16)18/h2-12,14,20H,13H2,1H3,(H,24,25,26)/b23-14+. The summed E-state index contributed by atoms with van der Waals surface area (Å²) in [5.41, 5.74) is 3.39. The Hall–Kier alpha value is -2.92. The molecule has 1 atom stereocenters. The maximum atomic E-state index is 12.2. The maximum Gasteiger partial charge on any atom is 0.239 e. The van der Waals surface area contributed by atoms with Gasteiger partial charge in [0.05, 0.1) is 11.5 Å². The number of aryl methyl sites for hydroxylation is 1. The van der Waals surface area contributed by atoms with Crippen molar-refractivity contribution in [3.05, 3.63) is 83.4 Å². The van der Waals surface area contributed by atoms with E-state index < -0.39 is 0 Å². The van der Waals surface area contributed by atoms with Crippen LogP contribution in [-0.2, 0) is 11.2 Å². The molecule has 1 N–H and O–H groups in total. The molecule has 5 heteroatoms. The van der Waals surface area contributed by atoms with Gasteiger partial charge in [-0.3, -0.25) is 4.79 Å². The Morgan fingerprint density at radius 1 is 1.04 bits per heavy atom. The number of carbonyl (C=O) groups is 1.